The first-order valence-corrected chi connectivity index (χ1v) is 9.92. The highest BCUT2D eigenvalue weighted by Crippen LogP contribution is 2.29. The van der Waals surface area contributed by atoms with Gasteiger partial charge in [0, 0.05) is 6.20 Å². The van der Waals surface area contributed by atoms with Crippen molar-refractivity contribution in [3.8, 4) is 11.4 Å². The number of anilines is 1. The van der Waals surface area contributed by atoms with Gasteiger partial charge in [-0.05, 0) is 42.5 Å². The number of halogens is 2. The van der Waals surface area contributed by atoms with Gasteiger partial charge in [0.15, 0.2) is 5.82 Å². The van der Waals surface area contributed by atoms with E-state index in [1.165, 1.54) is 28.7 Å². The molecule has 0 spiro atoms. The van der Waals surface area contributed by atoms with Crippen molar-refractivity contribution >= 4 is 46.7 Å². The zero-order valence-electron chi connectivity index (χ0n) is 15.0. The Bertz CT molecular complexity index is 984. The average molecular weight is 439 g/mol. The molecule has 0 saturated heterocycles. The van der Waals surface area contributed by atoms with Crippen LogP contribution in [0.1, 0.15) is 13.8 Å². The van der Waals surface area contributed by atoms with Crippen LogP contribution in [0.3, 0.4) is 0 Å². The predicted octanol–water partition coefficient (Wildman–Crippen LogP) is 3.88. The van der Waals surface area contributed by atoms with Crippen molar-refractivity contribution < 1.29 is 9.53 Å². The predicted molar refractivity (Wildman–Crippen MR) is 109 cm³/mol. The van der Waals surface area contributed by atoms with E-state index < -0.39 is 5.25 Å². The Morgan fingerprint density at radius 2 is 2.14 bits per heavy atom. The van der Waals surface area contributed by atoms with Gasteiger partial charge in [0.25, 0.3) is 0 Å². The van der Waals surface area contributed by atoms with Gasteiger partial charge in [-0.25, -0.2) is 4.98 Å². The lowest BCUT2D eigenvalue weighted by molar-refractivity contribution is -0.115. The number of benzene rings is 1. The molecule has 8 nitrogen and oxygen atoms in total. The number of nitrogens with one attached hydrogen (secondary N) is 1. The number of carbonyl (C=O) groups excluding carboxylic acids is 1. The molecule has 28 heavy (non-hydrogen) atoms. The van der Waals surface area contributed by atoms with Gasteiger partial charge < -0.3 is 10.1 Å². The molecule has 3 aromatic rings. The molecule has 0 bridgehead atoms. The molecular formula is C17H16Cl2N6O2S. The molecule has 0 aliphatic rings. The molecule has 0 saturated carbocycles. The number of tetrazole rings is 1. The third-order valence-corrected chi connectivity index (χ3v) is 5.06. The maximum Gasteiger partial charge on any atom is 0.238 e. The van der Waals surface area contributed by atoms with Gasteiger partial charge in [0.2, 0.25) is 11.1 Å². The Labute approximate surface area is 175 Å². The summed E-state index contributed by atoms with van der Waals surface area (Å²) >= 11 is 13.1. The van der Waals surface area contributed by atoms with Gasteiger partial charge in [-0.1, -0.05) is 47.1 Å². The van der Waals surface area contributed by atoms with Crippen LogP contribution >= 0.6 is 35.0 Å². The first kappa shape index (κ1) is 20.4. The van der Waals surface area contributed by atoms with Crippen LogP contribution in [0, 0.1) is 0 Å². The lowest BCUT2D eigenvalue weighted by atomic mass is 10.3. The summed E-state index contributed by atoms with van der Waals surface area (Å²) in [5, 5.41) is 15.0. The fraction of sp³-hybridized carbons (Fsp3) is 0.235. The number of nitrogens with zero attached hydrogens (tertiary/aromatic N) is 5. The van der Waals surface area contributed by atoms with Gasteiger partial charge in [0.1, 0.15) is 11.4 Å². The minimum Gasteiger partial charge on any atom is -0.492 e. The van der Waals surface area contributed by atoms with Crippen LogP contribution in [0.25, 0.3) is 5.69 Å². The van der Waals surface area contributed by atoms with E-state index >= 15 is 0 Å². The van der Waals surface area contributed by atoms with E-state index in [0.29, 0.717) is 28.2 Å². The summed E-state index contributed by atoms with van der Waals surface area (Å²) in [5.74, 6) is 0.590. The number of pyridine rings is 1. The van der Waals surface area contributed by atoms with Crippen molar-refractivity contribution in [3.63, 3.8) is 0 Å². The summed E-state index contributed by atoms with van der Waals surface area (Å²) in [6.45, 7) is 4.14. The zero-order chi connectivity index (χ0) is 20.1. The first-order chi connectivity index (χ1) is 13.5. The number of carbonyl (C=O) groups is 1. The molecule has 146 valence electrons. The molecule has 1 atom stereocenters. The van der Waals surface area contributed by atoms with Crippen LogP contribution in [-0.2, 0) is 4.79 Å². The van der Waals surface area contributed by atoms with Crippen molar-refractivity contribution in [2.45, 2.75) is 24.3 Å². The molecule has 1 amide bonds. The molecular weight excluding hydrogens is 423 g/mol. The molecule has 0 radical (unpaired) electrons. The largest absolute Gasteiger partial charge is 0.492 e. The van der Waals surface area contributed by atoms with Gasteiger partial charge in [-0.15, -0.1) is 5.10 Å². The maximum atomic E-state index is 12.5. The van der Waals surface area contributed by atoms with Crippen LogP contribution < -0.4 is 10.1 Å². The highest BCUT2D eigenvalue weighted by Gasteiger charge is 2.21. The second-order valence-electron chi connectivity index (χ2n) is 5.51. The van der Waals surface area contributed by atoms with Gasteiger partial charge in [-0.2, -0.15) is 4.68 Å². The average Bonchev–Trinajstić information content (AvgIpc) is 3.12. The van der Waals surface area contributed by atoms with E-state index in [4.69, 9.17) is 27.9 Å². The van der Waals surface area contributed by atoms with E-state index in [0.717, 1.165) is 0 Å². The zero-order valence-corrected chi connectivity index (χ0v) is 17.3. The van der Waals surface area contributed by atoms with E-state index in [1.54, 1.807) is 6.92 Å². The van der Waals surface area contributed by atoms with Crippen LogP contribution in [0.5, 0.6) is 5.75 Å². The maximum absolute atomic E-state index is 12.5. The van der Waals surface area contributed by atoms with Crippen molar-refractivity contribution in [3.05, 3.63) is 46.6 Å². The fourth-order valence-corrected chi connectivity index (χ4v) is 3.48. The van der Waals surface area contributed by atoms with Crippen molar-refractivity contribution in [2.24, 2.45) is 0 Å². The van der Waals surface area contributed by atoms with Gasteiger partial charge in [0.05, 0.1) is 21.9 Å². The summed E-state index contributed by atoms with van der Waals surface area (Å²) in [6.07, 6.45) is 1.41. The second kappa shape index (κ2) is 9.22. The number of aromatic nitrogens is 5. The minimum absolute atomic E-state index is 0.241. The smallest absolute Gasteiger partial charge is 0.238 e. The summed E-state index contributed by atoms with van der Waals surface area (Å²) < 4.78 is 7.17. The Morgan fingerprint density at radius 1 is 1.36 bits per heavy atom. The molecule has 0 aliphatic carbocycles. The van der Waals surface area contributed by atoms with E-state index in [9.17, 15) is 4.79 Å². The van der Waals surface area contributed by atoms with Crippen LogP contribution in [0.15, 0.2) is 41.7 Å². The summed E-state index contributed by atoms with van der Waals surface area (Å²) in [5.41, 5.74) is 0.687. The molecule has 3 rings (SSSR count). The fourth-order valence-electron chi connectivity index (χ4n) is 2.25. The van der Waals surface area contributed by atoms with Crippen molar-refractivity contribution in [1.29, 1.82) is 0 Å². The molecule has 2 heterocycles. The summed E-state index contributed by atoms with van der Waals surface area (Å²) in [6, 6.07) is 8.91. The molecule has 0 aliphatic heterocycles. The number of ether oxygens (including phenoxy) is 1. The highest BCUT2D eigenvalue weighted by molar-refractivity contribution is 8.00. The number of hydrogen-bond donors (Lipinski definition) is 1. The molecule has 0 unspecified atom stereocenters. The van der Waals surface area contributed by atoms with Gasteiger partial charge in [-0.3, -0.25) is 4.79 Å². The van der Waals surface area contributed by atoms with Crippen LogP contribution in [-0.4, -0.2) is 43.0 Å². The number of amides is 1. The van der Waals surface area contributed by atoms with Crippen LogP contribution in [0.4, 0.5) is 5.82 Å². The molecule has 11 heteroatoms. The van der Waals surface area contributed by atoms with E-state index in [-0.39, 0.29) is 16.7 Å². The van der Waals surface area contributed by atoms with E-state index in [2.05, 4.69) is 25.8 Å². The topological polar surface area (TPSA) is 94.8 Å². The first-order valence-electron chi connectivity index (χ1n) is 8.28. The minimum atomic E-state index is -0.516. The normalized spacial score (nSPS) is 11.9. The summed E-state index contributed by atoms with van der Waals surface area (Å²) in [7, 11) is 0. The van der Waals surface area contributed by atoms with E-state index in [1.807, 2.05) is 31.2 Å². The molecule has 0 fully saturated rings. The molecule has 1 N–H and O–H groups in total. The number of rotatable bonds is 7. The Hall–Kier alpha value is -2.36. The number of thioether (sulfide) groups is 1. The Balaban J connectivity index is 1.76. The lowest BCUT2D eigenvalue weighted by Gasteiger charge is -2.13. The third kappa shape index (κ3) is 4.73. The number of para-hydroxylation sites is 2. The number of hydrogen-bond acceptors (Lipinski definition) is 7. The van der Waals surface area contributed by atoms with Crippen molar-refractivity contribution in [2.75, 3.05) is 11.9 Å². The lowest BCUT2D eigenvalue weighted by Crippen LogP contribution is -2.23. The monoisotopic (exact) mass is 438 g/mol. The quantitative estimate of drug-likeness (QED) is 0.559. The van der Waals surface area contributed by atoms with Crippen molar-refractivity contribution in [1.82, 2.24) is 25.2 Å². The molecule has 2 aromatic heterocycles. The SMILES string of the molecule is CCOc1ccccc1-n1nnnc1S[C@@H](C)C(=O)Nc1ncc(Cl)cc1Cl. The standard InChI is InChI=1S/C17H16Cl2N6O2S/c1-3-27-14-7-5-4-6-13(14)25-17(22-23-24-25)28-10(2)16(26)21-15-12(19)8-11(18)9-20-15/h4-10H,3H2,1-2H3,(H,20,21,26)/t10-/m0/s1. The van der Waals surface area contributed by atoms with Gasteiger partial charge >= 0.3 is 0 Å². The summed E-state index contributed by atoms with van der Waals surface area (Å²) in [4.78, 5) is 16.6. The molecule has 1 aromatic carbocycles. The Kier molecular flexibility index (Phi) is 6.71. The Morgan fingerprint density at radius 3 is 2.89 bits per heavy atom. The van der Waals surface area contributed by atoms with Crippen LogP contribution in [0.2, 0.25) is 10.0 Å². The third-order valence-electron chi connectivity index (χ3n) is 3.54. The second-order valence-corrected chi connectivity index (χ2v) is 7.66. The highest BCUT2D eigenvalue weighted by atomic mass is 35.5.